The molecule has 2 aliphatic carbocycles. The van der Waals surface area contributed by atoms with Gasteiger partial charge in [-0.3, -0.25) is 4.79 Å². The molecule has 0 radical (unpaired) electrons. The summed E-state index contributed by atoms with van der Waals surface area (Å²) >= 11 is 3.12. The number of hydrogen-bond donors (Lipinski definition) is 1. The number of amides is 1. The van der Waals surface area contributed by atoms with Crippen molar-refractivity contribution in [3.63, 3.8) is 0 Å². The zero-order chi connectivity index (χ0) is 17.6. The summed E-state index contributed by atoms with van der Waals surface area (Å²) in [5.74, 6) is 0.217. The van der Waals surface area contributed by atoms with Gasteiger partial charge in [0, 0.05) is 19.1 Å². The predicted octanol–water partition coefficient (Wildman–Crippen LogP) is 4.55. The van der Waals surface area contributed by atoms with E-state index >= 15 is 0 Å². The Labute approximate surface area is 159 Å². The van der Waals surface area contributed by atoms with E-state index in [-0.39, 0.29) is 11.2 Å². The zero-order valence-electron chi connectivity index (χ0n) is 15.4. The summed E-state index contributed by atoms with van der Waals surface area (Å²) in [4.78, 5) is 14.7. The maximum atomic E-state index is 12.7. The van der Waals surface area contributed by atoms with E-state index in [0.717, 1.165) is 22.3 Å². The highest BCUT2D eigenvalue weighted by Crippen LogP contribution is 2.32. The average molecular weight is 383 g/mol. The normalized spacial score (nSPS) is 21.0. The van der Waals surface area contributed by atoms with E-state index < -0.39 is 0 Å². The first kappa shape index (κ1) is 19.0. The molecule has 0 aliphatic heterocycles. The second kappa shape index (κ2) is 9.21. The van der Waals surface area contributed by atoms with Gasteiger partial charge in [-0.05, 0) is 32.6 Å². The Bertz CT molecular complexity index is 553. The third-order valence-corrected chi connectivity index (χ3v) is 7.46. The van der Waals surface area contributed by atoms with Crippen molar-refractivity contribution >= 4 is 34.1 Å². The summed E-state index contributed by atoms with van der Waals surface area (Å²) in [5.41, 5.74) is 0. The minimum absolute atomic E-state index is 0.109. The van der Waals surface area contributed by atoms with E-state index in [0.29, 0.717) is 12.1 Å². The number of carbonyl (C=O) groups is 1. The number of rotatable bonds is 6. The standard InChI is InChI=1S/C18H30N4OS2/c1-13(16(23)22(2)15-11-7-4-8-12-15)24-18-21-20-17(25-18)19-14-9-5-3-6-10-14/h13-15H,3-12H2,1-2H3,(H,19,20). The van der Waals surface area contributed by atoms with Crippen LogP contribution in [0.1, 0.15) is 71.1 Å². The van der Waals surface area contributed by atoms with E-state index in [1.54, 1.807) is 23.1 Å². The van der Waals surface area contributed by atoms with Crippen LogP contribution < -0.4 is 5.32 Å². The van der Waals surface area contributed by atoms with Crippen LogP contribution in [-0.4, -0.2) is 45.4 Å². The van der Waals surface area contributed by atoms with Crippen molar-refractivity contribution < 1.29 is 4.79 Å². The van der Waals surface area contributed by atoms with Crippen LogP contribution in [0.15, 0.2) is 4.34 Å². The van der Waals surface area contributed by atoms with Gasteiger partial charge in [0.1, 0.15) is 0 Å². The summed E-state index contributed by atoms with van der Waals surface area (Å²) in [7, 11) is 1.96. The molecule has 0 spiro atoms. The number of nitrogens with zero attached hydrogens (tertiary/aromatic N) is 3. The fourth-order valence-electron chi connectivity index (χ4n) is 3.87. The molecule has 0 bridgehead atoms. The predicted molar refractivity (Wildman–Crippen MR) is 105 cm³/mol. The smallest absolute Gasteiger partial charge is 0.235 e. The molecule has 0 saturated heterocycles. The van der Waals surface area contributed by atoms with Crippen LogP contribution in [0.2, 0.25) is 0 Å². The average Bonchev–Trinajstić information content (AvgIpc) is 3.08. The first-order valence-electron chi connectivity index (χ1n) is 9.67. The summed E-state index contributed by atoms with van der Waals surface area (Å²) in [6, 6.07) is 0.957. The van der Waals surface area contributed by atoms with Gasteiger partial charge in [0.25, 0.3) is 0 Å². The number of carbonyl (C=O) groups excluding carboxylic acids is 1. The van der Waals surface area contributed by atoms with Crippen molar-refractivity contribution in [2.75, 3.05) is 12.4 Å². The Morgan fingerprint density at radius 2 is 1.76 bits per heavy atom. The van der Waals surface area contributed by atoms with Gasteiger partial charge in [0.2, 0.25) is 11.0 Å². The molecule has 1 aromatic rings. The Balaban J connectivity index is 1.50. The molecular formula is C18H30N4OS2. The first-order chi connectivity index (χ1) is 12.1. The summed E-state index contributed by atoms with van der Waals surface area (Å²) < 4.78 is 0.885. The van der Waals surface area contributed by atoms with Crippen LogP contribution in [0.3, 0.4) is 0 Å². The first-order valence-corrected chi connectivity index (χ1v) is 11.4. The van der Waals surface area contributed by atoms with Crippen molar-refractivity contribution in [3.05, 3.63) is 0 Å². The SMILES string of the molecule is CC(Sc1nnc(NC2CCCCC2)s1)C(=O)N(C)C1CCCCC1. The molecule has 1 heterocycles. The van der Waals surface area contributed by atoms with Crippen molar-refractivity contribution in [2.45, 2.75) is 92.8 Å². The summed E-state index contributed by atoms with van der Waals surface area (Å²) in [6.45, 7) is 1.99. The van der Waals surface area contributed by atoms with Gasteiger partial charge in [-0.25, -0.2) is 0 Å². The van der Waals surface area contributed by atoms with Crippen LogP contribution in [0.4, 0.5) is 5.13 Å². The van der Waals surface area contributed by atoms with Gasteiger partial charge in [0.15, 0.2) is 4.34 Å². The van der Waals surface area contributed by atoms with Crippen LogP contribution in [0.25, 0.3) is 0 Å². The second-order valence-electron chi connectivity index (χ2n) is 7.35. The molecule has 1 amide bonds. The number of hydrogen-bond acceptors (Lipinski definition) is 6. The maximum Gasteiger partial charge on any atom is 0.235 e. The molecule has 1 atom stereocenters. The Kier molecular flexibility index (Phi) is 6.99. The Morgan fingerprint density at radius 1 is 1.12 bits per heavy atom. The van der Waals surface area contributed by atoms with Gasteiger partial charge in [0.05, 0.1) is 5.25 Å². The zero-order valence-corrected chi connectivity index (χ0v) is 17.0. The lowest BCUT2D eigenvalue weighted by Gasteiger charge is -2.32. The summed E-state index contributed by atoms with van der Waals surface area (Å²) in [5, 5.41) is 12.8. The molecule has 2 saturated carbocycles. The third-order valence-electron chi connectivity index (χ3n) is 5.43. The van der Waals surface area contributed by atoms with E-state index in [2.05, 4.69) is 15.5 Å². The van der Waals surface area contributed by atoms with E-state index in [4.69, 9.17) is 0 Å². The lowest BCUT2D eigenvalue weighted by atomic mass is 9.94. The van der Waals surface area contributed by atoms with Crippen LogP contribution in [0, 0.1) is 0 Å². The molecule has 2 aliphatic rings. The highest BCUT2D eigenvalue weighted by molar-refractivity contribution is 8.02. The molecule has 3 rings (SSSR count). The van der Waals surface area contributed by atoms with Crippen molar-refractivity contribution in [1.29, 1.82) is 0 Å². The number of nitrogens with one attached hydrogen (secondary N) is 1. The number of thioether (sulfide) groups is 1. The fraction of sp³-hybridized carbons (Fsp3) is 0.833. The van der Waals surface area contributed by atoms with E-state index in [1.807, 2.05) is 18.9 Å². The largest absolute Gasteiger partial charge is 0.357 e. The molecule has 1 aromatic heterocycles. The molecule has 5 nitrogen and oxygen atoms in total. The van der Waals surface area contributed by atoms with Gasteiger partial charge in [-0.2, -0.15) is 0 Å². The van der Waals surface area contributed by atoms with Gasteiger partial charge >= 0.3 is 0 Å². The maximum absolute atomic E-state index is 12.7. The Hall–Kier alpha value is -0.820. The van der Waals surface area contributed by atoms with Crippen LogP contribution in [0.5, 0.6) is 0 Å². The molecule has 140 valence electrons. The molecule has 0 aromatic carbocycles. The molecule has 7 heteroatoms. The van der Waals surface area contributed by atoms with Gasteiger partial charge < -0.3 is 10.2 Å². The molecule has 1 N–H and O–H groups in total. The topological polar surface area (TPSA) is 58.1 Å². The fourth-order valence-corrected chi connectivity index (χ4v) is 5.95. The van der Waals surface area contributed by atoms with Crippen LogP contribution in [-0.2, 0) is 4.79 Å². The monoisotopic (exact) mass is 382 g/mol. The molecular weight excluding hydrogens is 352 g/mol. The van der Waals surface area contributed by atoms with E-state index in [9.17, 15) is 4.79 Å². The van der Waals surface area contributed by atoms with E-state index in [1.165, 1.54) is 51.4 Å². The second-order valence-corrected chi connectivity index (χ2v) is 9.92. The van der Waals surface area contributed by atoms with Crippen molar-refractivity contribution in [3.8, 4) is 0 Å². The minimum Gasteiger partial charge on any atom is -0.357 e. The summed E-state index contributed by atoms with van der Waals surface area (Å²) in [6.07, 6.45) is 12.5. The number of anilines is 1. The molecule has 25 heavy (non-hydrogen) atoms. The van der Waals surface area contributed by atoms with Crippen molar-refractivity contribution in [1.82, 2.24) is 15.1 Å². The minimum atomic E-state index is -0.109. The van der Waals surface area contributed by atoms with Gasteiger partial charge in [-0.15, -0.1) is 10.2 Å². The number of aromatic nitrogens is 2. The quantitative estimate of drug-likeness (QED) is 0.731. The van der Waals surface area contributed by atoms with Crippen molar-refractivity contribution in [2.24, 2.45) is 0 Å². The Morgan fingerprint density at radius 3 is 2.44 bits per heavy atom. The van der Waals surface area contributed by atoms with Crippen LogP contribution >= 0.6 is 23.1 Å². The molecule has 2 fully saturated rings. The lowest BCUT2D eigenvalue weighted by molar-refractivity contribution is -0.131. The van der Waals surface area contributed by atoms with Gasteiger partial charge in [-0.1, -0.05) is 61.6 Å². The third kappa shape index (κ3) is 5.33. The highest BCUT2D eigenvalue weighted by atomic mass is 32.2. The molecule has 1 unspecified atom stereocenters. The lowest BCUT2D eigenvalue weighted by Crippen LogP contribution is -2.42. The highest BCUT2D eigenvalue weighted by Gasteiger charge is 2.27.